The van der Waals surface area contributed by atoms with E-state index in [4.69, 9.17) is 4.74 Å². The van der Waals surface area contributed by atoms with Gasteiger partial charge in [0, 0.05) is 17.2 Å². The maximum absolute atomic E-state index is 12.1. The fraction of sp³-hybridized carbons (Fsp3) is 0.611. The third-order valence-corrected chi connectivity index (χ3v) is 3.77. The van der Waals surface area contributed by atoms with Crippen molar-refractivity contribution in [1.82, 2.24) is 4.90 Å². The molecule has 0 atom stereocenters. The lowest BCUT2D eigenvalue weighted by Crippen LogP contribution is -2.37. The lowest BCUT2D eigenvalue weighted by Gasteiger charge is -2.26. The van der Waals surface area contributed by atoms with Gasteiger partial charge in [-0.25, -0.2) is 4.79 Å². The van der Waals surface area contributed by atoms with Gasteiger partial charge in [0.1, 0.15) is 11.4 Å². The van der Waals surface area contributed by atoms with E-state index < -0.39 is 5.60 Å². The zero-order valence-corrected chi connectivity index (χ0v) is 16.3. The number of carbonyl (C=O) groups is 1. The largest absolute Gasteiger partial charge is 0.508 e. The van der Waals surface area contributed by atoms with Gasteiger partial charge >= 0.3 is 6.09 Å². The van der Waals surface area contributed by atoms with Crippen molar-refractivity contribution in [2.24, 2.45) is 0 Å². The van der Waals surface area contributed by atoms with E-state index in [0.717, 1.165) is 16.2 Å². The maximum atomic E-state index is 12.1. The second-order valence-corrected chi connectivity index (χ2v) is 6.68. The van der Waals surface area contributed by atoms with Crippen LogP contribution in [0, 0.1) is 0 Å². The summed E-state index contributed by atoms with van der Waals surface area (Å²) in [5, 5.41) is 9.55. The molecular formula is C18H31NO3S. The van der Waals surface area contributed by atoms with Gasteiger partial charge in [0.2, 0.25) is 0 Å². The number of thioether (sulfide) groups is 1. The zero-order valence-electron chi connectivity index (χ0n) is 15.5. The summed E-state index contributed by atoms with van der Waals surface area (Å²) in [6, 6.07) is 5.29. The summed E-state index contributed by atoms with van der Waals surface area (Å²) < 4.78 is 5.39. The van der Waals surface area contributed by atoms with Gasteiger partial charge in [0.15, 0.2) is 0 Å². The van der Waals surface area contributed by atoms with Crippen molar-refractivity contribution in [3.63, 3.8) is 0 Å². The second kappa shape index (κ2) is 10.4. The van der Waals surface area contributed by atoms with Crippen molar-refractivity contribution in [2.45, 2.75) is 65.5 Å². The highest BCUT2D eigenvalue weighted by Gasteiger charge is 2.24. The third-order valence-electron chi connectivity index (χ3n) is 2.68. The number of ether oxygens (including phenoxy) is 1. The van der Waals surface area contributed by atoms with E-state index in [0.29, 0.717) is 13.1 Å². The first-order chi connectivity index (χ1) is 10.8. The molecule has 1 aromatic rings. The Morgan fingerprint density at radius 3 is 2.39 bits per heavy atom. The van der Waals surface area contributed by atoms with Crippen molar-refractivity contribution in [2.75, 3.05) is 12.3 Å². The van der Waals surface area contributed by atoms with E-state index in [-0.39, 0.29) is 11.8 Å². The molecule has 0 aromatic heterocycles. The summed E-state index contributed by atoms with van der Waals surface area (Å²) in [5.41, 5.74) is 0.478. The number of hydrogen-bond acceptors (Lipinski definition) is 4. The molecule has 1 aliphatic heterocycles. The number of hydrogen-bond donors (Lipinski definition) is 1. The SMILES string of the molecule is CC.CC.CC(C)(C)OC(=O)N1CCSc2ccc(O)cc2C1. The topological polar surface area (TPSA) is 49.8 Å². The molecule has 4 nitrogen and oxygen atoms in total. The van der Waals surface area contributed by atoms with Gasteiger partial charge in [-0.2, -0.15) is 0 Å². The fourth-order valence-electron chi connectivity index (χ4n) is 1.86. The Hall–Kier alpha value is -1.36. The summed E-state index contributed by atoms with van der Waals surface area (Å²) in [4.78, 5) is 14.9. The molecule has 1 aromatic carbocycles. The Labute approximate surface area is 145 Å². The average molecular weight is 342 g/mol. The van der Waals surface area contributed by atoms with Crippen LogP contribution in [0.3, 0.4) is 0 Å². The normalized spacial score (nSPS) is 13.4. The van der Waals surface area contributed by atoms with Crippen molar-refractivity contribution in [3.05, 3.63) is 23.8 Å². The molecule has 23 heavy (non-hydrogen) atoms. The van der Waals surface area contributed by atoms with E-state index in [2.05, 4.69) is 0 Å². The van der Waals surface area contributed by atoms with Gasteiger partial charge < -0.3 is 14.7 Å². The van der Waals surface area contributed by atoms with Crippen LogP contribution in [-0.4, -0.2) is 34.0 Å². The molecule has 0 aliphatic carbocycles. The first-order valence-electron chi connectivity index (χ1n) is 8.28. The molecule has 0 bridgehead atoms. The molecule has 2 rings (SSSR count). The Kier molecular flexibility index (Phi) is 9.80. The van der Waals surface area contributed by atoms with Crippen molar-refractivity contribution in [3.8, 4) is 5.75 Å². The third kappa shape index (κ3) is 7.64. The van der Waals surface area contributed by atoms with Crippen LogP contribution in [0.25, 0.3) is 0 Å². The molecule has 1 heterocycles. The van der Waals surface area contributed by atoms with Crippen LogP contribution >= 0.6 is 11.8 Å². The molecule has 0 unspecified atom stereocenters. The number of benzene rings is 1. The van der Waals surface area contributed by atoms with Crippen molar-refractivity contribution < 1.29 is 14.6 Å². The molecule has 5 heteroatoms. The molecular weight excluding hydrogens is 310 g/mol. The maximum Gasteiger partial charge on any atom is 0.410 e. The van der Waals surface area contributed by atoms with Gasteiger partial charge in [-0.05, 0) is 44.5 Å². The molecule has 0 radical (unpaired) electrons. The lowest BCUT2D eigenvalue weighted by molar-refractivity contribution is 0.0246. The number of amides is 1. The van der Waals surface area contributed by atoms with Crippen LogP contribution in [0.2, 0.25) is 0 Å². The Balaban J connectivity index is 0.00000112. The molecule has 1 N–H and O–H groups in total. The number of fused-ring (bicyclic) bond motifs is 1. The van der Waals surface area contributed by atoms with Crippen LogP contribution in [-0.2, 0) is 11.3 Å². The molecule has 132 valence electrons. The first kappa shape index (κ1) is 21.6. The molecule has 0 fully saturated rings. The Morgan fingerprint density at radius 2 is 1.83 bits per heavy atom. The lowest BCUT2D eigenvalue weighted by atomic mass is 10.2. The molecule has 0 saturated heterocycles. The summed E-state index contributed by atoms with van der Waals surface area (Å²) in [6.45, 7) is 14.7. The van der Waals surface area contributed by atoms with E-state index >= 15 is 0 Å². The summed E-state index contributed by atoms with van der Waals surface area (Å²) in [5.74, 6) is 1.06. The highest BCUT2D eigenvalue weighted by atomic mass is 32.2. The van der Waals surface area contributed by atoms with Crippen LogP contribution < -0.4 is 0 Å². The minimum atomic E-state index is -0.488. The zero-order chi connectivity index (χ0) is 18.0. The van der Waals surface area contributed by atoms with Gasteiger partial charge in [-0.3, -0.25) is 0 Å². The second-order valence-electron chi connectivity index (χ2n) is 5.54. The summed E-state index contributed by atoms with van der Waals surface area (Å²) in [7, 11) is 0. The number of phenols is 1. The molecule has 0 spiro atoms. The number of nitrogens with zero attached hydrogens (tertiary/aromatic N) is 1. The van der Waals surface area contributed by atoms with Gasteiger partial charge in [-0.1, -0.05) is 27.7 Å². The first-order valence-corrected chi connectivity index (χ1v) is 9.26. The highest BCUT2D eigenvalue weighted by Crippen LogP contribution is 2.30. The minimum absolute atomic E-state index is 0.227. The number of carbonyl (C=O) groups excluding carboxylic acids is 1. The Bertz CT molecular complexity index is 484. The molecule has 1 amide bonds. The predicted octanol–water partition coefficient (Wildman–Crippen LogP) is 5.29. The van der Waals surface area contributed by atoms with Crippen LogP contribution in [0.4, 0.5) is 4.79 Å². The smallest absolute Gasteiger partial charge is 0.410 e. The van der Waals surface area contributed by atoms with E-state index in [1.54, 1.807) is 28.8 Å². The van der Waals surface area contributed by atoms with E-state index in [1.807, 2.05) is 54.5 Å². The quantitative estimate of drug-likeness (QED) is 0.697. The predicted molar refractivity (Wildman–Crippen MR) is 98.2 cm³/mol. The van der Waals surface area contributed by atoms with Crippen LogP contribution in [0.15, 0.2) is 23.1 Å². The minimum Gasteiger partial charge on any atom is -0.508 e. The Morgan fingerprint density at radius 1 is 1.22 bits per heavy atom. The monoisotopic (exact) mass is 341 g/mol. The summed E-state index contributed by atoms with van der Waals surface area (Å²) >= 11 is 1.70. The van der Waals surface area contributed by atoms with Gasteiger partial charge in [0.05, 0.1) is 6.54 Å². The van der Waals surface area contributed by atoms with Crippen molar-refractivity contribution in [1.29, 1.82) is 0 Å². The standard InChI is InChI=1S/C14H19NO3S.2C2H6/c1-14(2,3)18-13(17)15-6-7-19-12-5-4-11(16)8-10(12)9-15;2*1-2/h4-5,8,16H,6-7,9H2,1-3H3;2*1-2H3. The number of phenolic OH excluding ortho intramolecular Hbond substituents is 1. The average Bonchev–Trinajstić information content (AvgIpc) is 2.71. The number of aromatic hydroxyl groups is 1. The van der Waals surface area contributed by atoms with Crippen LogP contribution in [0.1, 0.15) is 54.0 Å². The molecule has 0 saturated carbocycles. The fourth-order valence-corrected chi connectivity index (χ4v) is 2.87. The van der Waals surface area contributed by atoms with E-state index in [1.165, 1.54) is 0 Å². The molecule has 1 aliphatic rings. The van der Waals surface area contributed by atoms with Crippen molar-refractivity contribution >= 4 is 17.9 Å². The van der Waals surface area contributed by atoms with Crippen LogP contribution in [0.5, 0.6) is 5.75 Å². The van der Waals surface area contributed by atoms with Gasteiger partial charge in [0.25, 0.3) is 0 Å². The highest BCUT2D eigenvalue weighted by molar-refractivity contribution is 7.99. The van der Waals surface area contributed by atoms with Gasteiger partial charge in [-0.15, -0.1) is 11.8 Å². The summed E-state index contributed by atoms with van der Waals surface area (Å²) in [6.07, 6.45) is -0.302. The number of rotatable bonds is 0. The van der Waals surface area contributed by atoms with E-state index in [9.17, 15) is 9.90 Å².